The summed E-state index contributed by atoms with van der Waals surface area (Å²) in [5, 5.41) is 20.6. The molecule has 0 bridgehead atoms. The monoisotopic (exact) mass is 687 g/mol. The molecule has 2 heterocycles. The number of aryl methyl sites for hydroxylation is 1. The fourth-order valence-electron chi connectivity index (χ4n) is 5.14. The number of carbonyl (C=O) groups is 2. The maximum absolute atomic E-state index is 13.8. The number of aliphatic hydroxyl groups excluding tert-OH is 1. The third-order valence-corrected chi connectivity index (χ3v) is 9.89. The lowest BCUT2D eigenvalue weighted by Crippen LogP contribution is -2.29. The average Bonchev–Trinajstić information content (AvgIpc) is 3.67. The summed E-state index contributed by atoms with van der Waals surface area (Å²) >= 11 is 2.73. The lowest BCUT2D eigenvalue weighted by molar-refractivity contribution is -0.132. The number of nitrogens with zero attached hydrogens (tertiary/aromatic N) is 3. The van der Waals surface area contributed by atoms with Crippen LogP contribution in [0.25, 0.3) is 5.76 Å². The molecule has 3 aromatic carbocycles. The molecule has 0 unspecified atom stereocenters. The van der Waals surface area contributed by atoms with E-state index in [-0.39, 0.29) is 16.5 Å². The molecule has 1 aliphatic rings. The van der Waals surface area contributed by atoms with Crippen molar-refractivity contribution >= 4 is 45.7 Å². The second-order valence-electron chi connectivity index (χ2n) is 11.4. The summed E-state index contributed by atoms with van der Waals surface area (Å²) < 4.78 is 18.4. The van der Waals surface area contributed by atoms with Crippen molar-refractivity contribution in [2.75, 3.05) is 24.7 Å². The summed E-state index contributed by atoms with van der Waals surface area (Å²) in [6, 6.07) is 19.5. The normalized spacial score (nSPS) is 15.6. The molecule has 48 heavy (non-hydrogen) atoms. The summed E-state index contributed by atoms with van der Waals surface area (Å²) in [4.78, 5) is 28.9. The molecule has 1 saturated heterocycles. The van der Waals surface area contributed by atoms with E-state index in [9.17, 15) is 14.7 Å². The number of aliphatic hydroxyl groups is 1. The highest BCUT2D eigenvalue weighted by atomic mass is 32.2. The van der Waals surface area contributed by atoms with Crippen LogP contribution >= 0.6 is 23.1 Å². The van der Waals surface area contributed by atoms with Gasteiger partial charge < -0.3 is 19.3 Å². The van der Waals surface area contributed by atoms with Gasteiger partial charge in [-0.25, -0.2) is 0 Å². The van der Waals surface area contributed by atoms with E-state index in [1.54, 1.807) is 42.5 Å². The number of thioether (sulfide) groups is 1. The van der Waals surface area contributed by atoms with Crippen molar-refractivity contribution in [2.45, 2.75) is 69.5 Å². The van der Waals surface area contributed by atoms with Gasteiger partial charge in [0.15, 0.2) is 15.8 Å². The molecule has 1 N–H and O–H groups in total. The number of anilines is 1. The molecule has 4 aromatic rings. The molecular formula is C37H41N3O6S2. The Labute approximate surface area is 290 Å². The third-order valence-electron chi connectivity index (χ3n) is 7.76. The van der Waals surface area contributed by atoms with Crippen molar-refractivity contribution in [1.29, 1.82) is 0 Å². The van der Waals surface area contributed by atoms with Gasteiger partial charge in [-0.05, 0) is 74.2 Å². The molecule has 0 saturated carbocycles. The summed E-state index contributed by atoms with van der Waals surface area (Å²) in [6.45, 7) is 9.60. The molecule has 9 nitrogen and oxygen atoms in total. The molecule has 1 fully saturated rings. The van der Waals surface area contributed by atoms with Crippen molar-refractivity contribution < 1.29 is 28.9 Å². The Bertz CT molecular complexity index is 1740. The maximum Gasteiger partial charge on any atom is 0.301 e. The molecule has 252 valence electrons. The number of ether oxygens (including phenoxy) is 3. The molecule has 11 heteroatoms. The first-order chi connectivity index (χ1) is 23.3. The van der Waals surface area contributed by atoms with Gasteiger partial charge in [-0.15, -0.1) is 10.2 Å². The molecule has 5 rings (SSSR count). The number of hydrogen-bond acceptors (Lipinski definition) is 10. The van der Waals surface area contributed by atoms with Crippen LogP contribution in [0.1, 0.15) is 74.8 Å². The zero-order chi connectivity index (χ0) is 34.0. The Morgan fingerprint density at radius 3 is 2.27 bits per heavy atom. The van der Waals surface area contributed by atoms with Crippen LogP contribution in [-0.4, -0.2) is 46.8 Å². The molecule has 1 atom stereocenters. The van der Waals surface area contributed by atoms with E-state index < -0.39 is 17.7 Å². The Morgan fingerprint density at radius 1 is 0.875 bits per heavy atom. The third kappa shape index (κ3) is 8.19. The van der Waals surface area contributed by atoms with Gasteiger partial charge in [-0.1, -0.05) is 85.7 Å². The molecule has 1 aromatic heterocycles. The molecule has 0 spiro atoms. The Hall–Kier alpha value is -4.35. The molecular weight excluding hydrogens is 647 g/mol. The SMILES string of the molecule is CCCCOc1ccc(C(O)=C2C(=O)C(=O)N(c3nnc(SCc4ccc(C)cc4)s3)[C@@H]2c2ccc(OCCCC)c(OCC)c2)cc1. The minimum absolute atomic E-state index is 0.0502. The number of amides is 1. The number of benzene rings is 3. The first-order valence-corrected chi connectivity index (χ1v) is 18.1. The maximum atomic E-state index is 13.8. The topological polar surface area (TPSA) is 111 Å². The Morgan fingerprint density at radius 2 is 1.58 bits per heavy atom. The number of unbranched alkanes of at least 4 members (excludes halogenated alkanes) is 2. The molecule has 1 aliphatic heterocycles. The fraction of sp³-hybridized carbons (Fsp3) is 0.351. The highest BCUT2D eigenvalue weighted by Gasteiger charge is 2.48. The van der Waals surface area contributed by atoms with Gasteiger partial charge in [0, 0.05) is 11.3 Å². The van der Waals surface area contributed by atoms with Crippen molar-refractivity contribution in [3.63, 3.8) is 0 Å². The Kier molecular flexibility index (Phi) is 12.1. The van der Waals surface area contributed by atoms with Crippen LogP contribution in [-0.2, 0) is 15.3 Å². The van der Waals surface area contributed by atoms with Gasteiger partial charge in [0.1, 0.15) is 11.5 Å². The van der Waals surface area contributed by atoms with E-state index >= 15 is 0 Å². The van der Waals surface area contributed by atoms with Crippen LogP contribution in [0.15, 0.2) is 76.6 Å². The van der Waals surface area contributed by atoms with E-state index in [1.807, 2.05) is 13.8 Å². The first kappa shape index (κ1) is 35.0. The van der Waals surface area contributed by atoms with Gasteiger partial charge in [0.05, 0.1) is 31.4 Å². The number of rotatable bonds is 16. The van der Waals surface area contributed by atoms with E-state index in [0.717, 1.165) is 31.2 Å². The van der Waals surface area contributed by atoms with Crippen LogP contribution in [0, 0.1) is 6.92 Å². The van der Waals surface area contributed by atoms with Crippen LogP contribution in [0.2, 0.25) is 0 Å². The molecule has 0 aliphatic carbocycles. The average molecular weight is 688 g/mol. The lowest BCUT2D eigenvalue weighted by atomic mass is 9.95. The minimum Gasteiger partial charge on any atom is -0.507 e. The zero-order valence-corrected chi connectivity index (χ0v) is 29.4. The van der Waals surface area contributed by atoms with E-state index in [0.29, 0.717) is 58.3 Å². The predicted molar refractivity (Wildman–Crippen MR) is 190 cm³/mol. The summed E-state index contributed by atoms with van der Waals surface area (Å²) in [5.41, 5.74) is 3.21. The van der Waals surface area contributed by atoms with Crippen LogP contribution in [0.3, 0.4) is 0 Å². The summed E-state index contributed by atoms with van der Waals surface area (Å²) in [5.74, 6) is 0.473. The van der Waals surface area contributed by atoms with E-state index in [4.69, 9.17) is 14.2 Å². The highest BCUT2D eigenvalue weighted by molar-refractivity contribution is 8.00. The molecule has 0 radical (unpaired) electrons. The number of Topliss-reactive ketones (excluding diaryl/α,β-unsaturated/α-hetero) is 1. The number of ketones is 1. The minimum atomic E-state index is -0.989. The predicted octanol–water partition coefficient (Wildman–Crippen LogP) is 8.52. The number of carbonyl (C=O) groups excluding carboxylic acids is 2. The summed E-state index contributed by atoms with van der Waals surface area (Å²) in [7, 11) is 0. The largest absolute Gasteiger partial charge is 0.507 e. The van der Waals surface area contributed by atoms with E-state index in [2.05, 4.69) is 48.3 Å². The highest BCUT2D eigenvalue weighted by Crippen LogP contribution is 2.46. The van der Waals surface area contributed by atoms with Crippen molar-refractivity contribution in [3.05, 3.63) is 94.6 Å². The lowest BCUT2D eigenvalue weighted by Gasteiger charge is -2.23. The van der Waals surface area contributed by atoms with E-state index in [1.165, 1.54) is 33.6 Å². The van der Waals surface area contributed by atoms with Crippen molar-refractivity contribution in [1.82, 2.24) is 10.2 Å². The smallest absolute Gasteiger partial charge is 0.301 e. The first-order valence-electron chi connectivity index (χ1n) is 16.3. The van der Waals surface area contributed by atoms with Gasteiger partial charge in [-0.3, -0.25) is 14.5 Å². The second-order valence-corrected chi connectivity index (χ2v) is 13.5. The van der Waals surface area contributed by atoms with Crippen LogP contribution in [0.5, 0.6) is 17.2 Å². The Balaban J connectivity index is 1.53. The molecule has 1 amide bonds. The van der Waals surface area contributed by atoms with Crippen LogP contribution in [0.4, 0.5) is 5.13 Å². The van der Waals surface area contributed by atoms with Crippen molar-refractivity contribution in [3.8, 4) is 17.2 Å². The second kappa shape index (κ2) is 16.7. The van der Waals surface area contributed by atoms with Gasteiger partial charge in [0.25, 0.3) is 5.78 Å². The zero-order valence-electron chi connectivity index (χ0n) is 27.7. The van der Waals surface area contributed by atoms with Crippen LogP contribution < -0.4 is 19.1 Å². The van der Waals surface area contributed by atoms with Crippen molar-refractivity contribution in [2.24, 2.45) is 0 Å². The van der Waals surface area contributed by atoms with Gasteiger partial charge >= 0.3 is 5.91 Å². The number of hydrogen-bond donors (Lipinski definition) is 1. The quantitative estimate of drug-likeness (QED) is 0.0309. The number of aromatic nitrogens is 2. The standard InChI is InChI=1S/C37H41N3O6S2/c1-5-8-20-45-28-17-14-26(15-18-28)33(41)31-32(27-16-19-29(46-21-9-6-2)30(22-27)44-7-3)40(35(43)34(31)42)36-38-39-37(48-36)47-23-25-12-10-24(4)11-13-25/h10-19,22,32,41H,5-9,20-21,23H2,1-4H3/t32-/m1/s1. The van der Waals surface area contributed by atoms with Gasteiger partial charge in [-0.2, -0.15) is 0 Å². The summed E-state index contributed by atoms with van der Waals surface area (Å²) in [6.07, 6.45) is 3.81. The van der Waals surface area contributed by atoms with Gasteiger partial charge in [0.2, 0.25) is 5.13 Å². The fourth-order valence-corrected chi connectivity index (χ4v) is 6.96.